The standard InChI is InChI=1S/C21H23NO2/c1-2-3-9-18(21-19(23)10-6-11-20(21)24)22-17-13-12-15-7-4-5-8-16(15)14-17/h4-5,7-8,12-14,23H,2-3,6,9-11H2,1H3. The Morgan fingerprint density at radius 3 is 2.67 bits per heavy atom. The number of aliphatic hydroxyl groups is 1. The highest BCUT2D eigenvalue weighted by atomic mass is 16.3. The van der Waals surface area contributed by atoms with Gasteiger partial charge in [0.05, 0.1) is 17.0 Å². The predicted molar refractivity (Wildman–Crippen MR) is 99.1 cm³/mol. The first-order valence-electron chi connectivity index (χ1n) is 8.71. The molecule has 0 heterocycles. The maximum atomic E-state index is 12.3. The smallest absolute Gasteiger partial charge is 0.168 e. The van der Waals surface area contributed by atoms with Crippen LogP contribution in [0, 0.1) is 0 Å². The Morgan fingerprint density at radius 2 is 1.92 bits per heavy atom. The molecule has 3 heteroatoms. The van der Waals surface area contributed by atoms with E-state index in [1.54, 1.807) is 0 Å². The van der Waals surface area contributed by atoms with Crippen LogP contribution in [0.2, 0.25) is 0 Å². The van der Waals surface area contributed by atoms with Gasteiger partial charge in [0.2, 0.25) is 0 Å². The predicted octanol–water partition coefficient (Wildman–Crippen LogP) is 5.67. The van der Waals surface area contributed by atoms with Gasteiger partial charge in [0, 0.05) is 12.8 Å². The number of benzene rings is 2. The Kier molecular flexibility index (Phi) is 5.09. The molecule has 0 unspecified atom stereocenters. The summed E-state index contributed by atoms with van der Waals surface area (Å²) in [4.78, 5) is 17.1. The number of Topliss-reactive ketones (excluding diaryl/α,β-unsaturated/α-hetero) is 1. The molecule has 0 bridgehead atoms. The summed E-state index contributed by atoms with van der Waals surface area (Å²) in [6.45, 7) is 2.12. The van der Waals surface area contributed by atoms with Crippen molar-refractivity contribution in [2.45, 2.75) is 45.4 Å². The fourth-order valence-electron chi connectivity index (χ4n) is 3.14. The average Bonchev–Trinajstić information content (AvgIpc) is 2.59. The second-order valence-corrected chi connectivity index (χ2v) is 6.29. The van der Waals surface area contributed by atoms with Gasteiger partial charge in [0.1, 0.15) is 5.76 Å². The van der Waals surface area contributed by atoms with Gasteiger partial charge in [0.25, 0.3) is 0 Å². The van der Waals surface area contributed by atoms with Gasteiger partial charge in [-0.3, -0.25) is 9.79 Å². The number of hydrogen-bond acceptors (Lipinski definition) is 3. The minimum atomic E-state index is 0.0226. The molecule has 0 aliphatic heterocycles. The highest BCUT2D eigenvalue weighted by Gasteiger charge is 2.24. The minimum absolute atomic E-state index is 0.0226. The van der Waals surface area contributed by atoms with Gasteiger partial charge in [0.15, 0.2) is 5.78 Å². The van der Waals surface area contributed by atoms with E-state index < -0.39 is 0 Å². The van der Waals surface area contributed by atoms with Crippen LogP contribution in [0.25, 0.3) is 10.8 Å². The van der Waals surface area contributed by atoms with Crippen LogP contribution in [0.4, 0.5) is 5.69 Å². The van der Waals surface area contributed by atoms with E-state index in [1.807, 2.05) is 30.3 Å². The summed E-state index contributed by atoms with van der Waals surface area (Å²) in [6, 6.07) is 14.2. The molecule has 0 radical (unpaired) electrons. The topological polar surface area (TPSA) is 49.7 Å². The fraction of sp³-hybridized carbons (Fsp3) is 0.333. The van der Waals surface area contributed by atoms with Crippen LogP contribution in [-0.2, 0) is 4.79 Å². The zero-order valence-corrected chi connectivity index (χ0v) is 14.1. The number of carbonyl (C=O) groups excluding carboxylic acids is 1. The first-order chi connectivity index (χ1) is 11.7. The van der Waals surface area contributed by atoms with E-state index in [0.717, 1.165) is 36.0 Å². The van der Waals surface area contributed by atoms with E-state index in [9.17, 15) is 9.90 Å². The number of aliphatic imine (C=N–C) groups is 1. The second-order valence-electron chi connectivity index (χ2n) is 6.29. The molecule has 1 aliphatic rings. The number of unbranched alkanes of at least 4 members (excludes halogenated alkanes) is 1. The molecular weight excluding hydrogens is 298 g/mol. The van der Waals surface area contributed by atoms with Crippen molar-refractivity contribution < 1.29 is 9.90 Å². The summed E-state index contributed by atoms with van der Waals surface area (Å²) < 4.78 is 0. The Labute approximate surface area is 142 Å². The summed E-state index contributed by atoms with van der Waals surface area (Å²) in [6.07, 6.45) is 4.50. The zero-order valence-electron chi connectivity index (χ0n) is 14.1. The van der Waals surface area contributed by atoms with Crippen LogP contribution < -0.4 is 0 Å². The molecule has 1 aliphatic carbocycles. The van der Waals surface area contributed by atoms with Crippen molar-refractivity contribution in [1.29, 1.82) is 0 Å². The van der Waals surface area contributed by atoms with Crippen LogP contribution in [0.3, 0.4) is 0 Å². The monoisotopic (exact) mass is 321 g/mol. The number of hydrogen-bond donors (Lipinski definition) is 1. The molecule has 124 valence electrons. The highest BCUT2D eigenvalue weighted by Crippen LogP contribution is 2.27. The number of allylic oxidation sites excluding steroid dienone is 2. The van der Waals surface area contributed by atoms with Crippen molar-refractivity contribution in [2.75, 3.05) is 0 Å². The second kappa shape index (κ2) is 7.43. The summed E-state index contributed by atoms with van der Waals surface area (Å²) >= 11 is 0. The van der Waals surface area contributed by atoms with Crippen LogP contribution >= 0.6 is 0 Å². The molecule has 1 N–H and O–H groups in total. The minimum Gasteiger partial charge on any atom is -0.511 e. The molecule has 0 saturated heterocycles. The first kappa shape index (κ1) is 16.4. The average molecular weight is 321 g/mol. The molecule has 0 atom stereocenters. The summed E-state index contributed by atoms with van der Waals surface area (Å²) in [5, 5.41) is 12.5. The van der Waals surface area contributed by atoms with Gasteiger partial charge in [-0.15, -0.1) is 0 Å². The van der Waals surface area contributed by atoms with Crippen molar-refractivity contribution in [3.05, 3.63) is 53.8 Å². The molecule has 0 fully saturated rings. The van der Waals surface area contributed by atoms with E-state index in [1.165, 1.54) is 5.39 Å². The Bertz CT molecular complexity index is 817. The zero-order chi connectivity index (χ0) is 16.9. The number of carbonyl (C=O) groups is 1. The van der Waals surface area contributed by atoms with Crippen LogP contribution in [-0.4, -0.2) is 16.6 Å². The molecule has 2 aromatic rings. The van der Waals surface area contributed by atoms with Gasteiger partial charge < -0.3 is 5.11 Å². The summed E-state index contributed by atoms with van der Waals surface area (Å²) in [5.74, 6) is 0.233. The molecule has 0 aromatic heterocycles. The van der Waals surface area contributed by atoms with Gasteiger partial charge in [-0.1, -0.05) is 43.7 Å². The summed E-state index contributed by atoms with van der Waals surface area (Å²) in [5.41, 5.74) is 2.02. The van der Waals surface area contributed by atoms with E-state index >= 15 is 0 Å². The van der Waals surface area contributed by atoms with E-state index in [0.29, 0.717) is 24.8 Å². The quantitative estimate of drug-likeness (QED) is 0.721. The van der Waals surface area contributed by atoms with Crippen LogP contribution in [0.15, 0.2) is 58.8 Å². The number of aliphatic hydroxyl groups excluding tert-OH is 1. The summed E-state index contributed by atoms with van der Waals surface area (Å²) in [7, 11) is 0. The third-order valence-electron chi connectivity index (χ3n) is 4.44. The molecule has 0 amide bonds. The van der Waals surface area contributed by atoms with Crippen LogP contribution in [0.1, 0.15) is 45.4 Å². The SMILES string of the molecule is CCCCC(=Nc1ccc2ccccc2c1)C1=C(O)CCCC1=O. The van der Waals surface area contributed by atoms with Crippen molar-refractivity contribution in [3.63, 3.8) is 0 Å². The molecule has 3 nitrogen and oxygen atoms in total. The third-order valence-corrected chi connectivity index (χ3v) is 4.44. The van der Waals surface area contributed by atoms with E-state index in [2.05, 4.69) is 19.1 Å². The number of fused-ring (bicyclic) bond motifs is 1. The molecule has 2 aromatic carbocycles. The van der Waals surface area contributed by atoms with Gasteiger partial charge >= 0.3 is 0 Å². The van der Waals surface area contributed by atoms with Crippen molar-refractivity contribution in [1.82, 2.24) is 0 Å². The lowest BCUT2D eigenvalue weighted by Gasteiger charge is -2.17. The lowest BCUT2D eigenvalue weighted by molar-refractivity contribution is -0.115. The van der Waals surface area contributed by atoms with E-state index in [4.69, 9.17) is 4.99 Å². The lowest BCUT2D eigenvalue weighted by atomic mass is 9.90. The van der Waals surface area contributed by atoms with Crippen LogP contribution in [0.5, 0.6) is 0 Å². The normalized spacial score (nSPS) is 16.0. The van der Waals surface area contributed by atoms with Gasteiger partial charge in [-0.05, 0) is 42.2 Å². The number of nitrogens with zero attached hydrogens (tertiary/aromatic N) is 1. The van der Waals surface area contributed by atoms with Crippen molar-refractivity contribution in [3.8, 4) is 0 Å². The largest absolute Gasteiger partial charge is 0.511 e. The third kappa shape index (κ3) is 3.56. The molecule has 24 heavy (non-hydrogen) atoms. The van der Waals surface area contributed by atoms with Gasteiger partial charge in [-0.2, -0.15) is 0 Å². The lowest BCUT2D eigenvalue weighted by Crippen LogP contribution is -2.19. The Hall–Kier alpha value is -2.42. The first-order valence-corrected chi connectivity index (χ1v) is 8.71. The van der Waals surface area contributed by atoms with Gasteiger partial charge in [-0.25, -0.2) is 0 Å². The Morgan fingerprint density at radius 1 is 1.12 bits per heavy atom. The molecule has 3 rings (SSSR count). The van der Waals surface area contributed by atoms with Crippen molar-refractivity contribution in [2.24, 2.45) is 4.99 Å². The van der Waals surface area contributed by atoms with Crippen molar-refractivity contribution >= 4 is 28.0 Å². The molecular formula is C21H23NO2. The van der Waals surface area contributed by atoms with E-state index in [-0.39, 0.29) is 11.5 Å². The maximum Gasteiger partial charge on any atom is 0.168 e. The maximum absolute atomic E-state index is 12.3. The number of ketones is 1. The number of rotatable bonds is 5. The fourth-order valence-corrected chi connectivity index (χ4v) is 3.14. The molecule has 0 saturated carbocycles. The highest BCUT2D eigenvalue weighted by molar-refractivity contribution is 6.23. The Balaban J connectivity index is 2.03. The molecule has 0 spiro atoms.